The highest BCUT2D eigenvalue weighted by Crippen LogP contribution is 2.10. The van der Waals surface area contributed by atoms with E-state index in [0.29, 0.717) is 10.6 Å². The quantitative estimate of drug-likeness (QED) is 0.432. The van der Waals surface area contributed by atoms with Crippen LogP contribution in [0.15, 0.2) is 54.6 Å². The zero-order valence-corrected chi connectivity index (χ0v) is 14.5. The minimum absolute atomic E-state index is 0.243. The van der Waals surface area contributed by atoms with Crippen LogP contribution in [0.1, 0.15) is 15.9 Å². The maximum Gasteiger partial charge on any atom is 0.262 e. The Bertz CT molecular complexity index is 766. The first-order valence-corrected chi connectivity index (χ1v) is 8.18. The fraction of sp³-hybridized carbons (Fsp3) is 0.167. The molecule has 0 aromatic heterocycles. The number of halogens is 1. The van der Waals surface area contributed by atoms with Crippen LogP contribution in [0, 0.1) is 0 Å². The molecule has 0 saturated carbocycles. The Balaban J connectivity index is 2.11. The van der Waals surface area contributed by atoms with Gasteiger partial charge in [0, 0.05) is 17.0 Å². The van der Waals surface area contributed by atoms with Crippen LogP contribution in [-0.2, 0) is 16.0 Å². The van der Waals surface area contributed by atoms with Gasteiger partial charge in [-0.15, -0.1) is 0 Å². The van der Waals surface area contributed by atoms with Gasteiger partial charge in [-0.3, -0.25) is 19.6 Å². The van der Waals surface area contributed by atoms with E-state index in [1.807, 2.05) is 30.3 Å². The van der Waals surface area contributed by atoms with E-state index in [0.717, 1.165) is 5.56 Å². The lowest BCUT2D eigenvalue weighted by molar-refractivity contribution is -0.131. The van der Waals surface area contributed by atoms with E-state index >= 15 is 0 Å². The molecule has 1 atom stereocenters. The largest absolute Gasteiger partial charge is 0.345 e. The van der Waals surface area contributed by atoms with Crippen LogP contribution in [0.2, 0.25) is 5.02 Å². The summed E-state index contributed by atoms with van der Waals surface area (Å²) in [6, 6.07) is 14.5. The van der Waals surface area contributed by atoms with Crippen LogP contribution in [-0.4, -0.2) is 35.5 Å². The molecular formula is C18H18ClN3O4. The summed E-state index contributed by atoms with van der Waals surface area (Å²) < 4.78 is 0. The number of carbonyl (C=O) groups is 3. The molecule has 0 saturated heterocycles. The third kappa shape index (κ3) is 5.87. The number of hydroxylamine groups is 1. The Morgan fingerprint density at radius 3 is 2.27 bits per heavy atom. The summed E-state index contributed by atoms with van der Waals surface area (Å²) in [5, 5.41) is 14.0. The number of hydrogen-bond donors (Lipinski definition) is 4. The van der Waals surface area contributed by atoms with Crippen molar-refractivity contribution in [2.75, 3.05) is 6.54 Å². The lowest BCUT2D eigenvalue weighted by atomic mass is 10.0. The molecule has 0 aliphatic heterocycles. The highest BCUT2D eigenvalue weighted by molar-refractivity contribution is 6.30. The summed E-state index contributed by atoms with van der Waals surface area (Å²) in [5.74, 6) is -1.75. The monoisotopic (exact) mass is 375 g/mol. The van der Waals surface area contributed by atoms with Crippen molar-refractivity contribution in [1.29, 1.82) is 0 Å². The molecule has 2 rings (SSSR count). The smallest absolute Gasteiger partial charge is 0.262 e. The summed E-state index contributed by atoms with van der Waals surface area (Å²) in [7, 11) is 0. The number of amides is 3. The maximum absolute atomic E-state index is 12.4. The molecule has 0 bridgehead atoms. The zero-order valence-electron chi connectivity index (χ0n) is 13.7. The van der Waals surface area contributed by atoms with Gasteiger partial charge in [-0.2, -0.15) is 0 Å². The van der Waals surface area contributed by atoms with Gasteiger partial charge in [0.2, 0.25) is 5.91 Å². The molecule has 136 valence electrons. The first kappa shape index (κ1) is 19.4. The van der Waals surface area contributed by atoms with Crippen LogP contribution in [0.4, 0.5) is 0 Å². The lowest BCUT2D eigenvalue weighted by Gasteiger charge is -2.18. The van der Waals surface area contributed by atoms with Crippen molar-refractivity contribution in [2.45, 2.75) is 12.5 Å². The fourth-order valence-corrected chi connectivity index (χ4v) is 2.36. The fourth-order valence-electron chi connectivity index (χ4n) is 2.23. The molecule has 0 spiro atoms. The van der Waals surface area contributed by atoms with Gasteiger partial charge in [-0.05, 0) is 29.8 Å². The van der Waals surface area contributed by atoms with Crippen LogP contribution >= 0.6 is 11.6 Å². The van der Waals surface area contributed by atoms with Crippen LogP contribution < -0.4 is 16.1 Å². The Kier molecular flexibility index (Phi) is 7.13. The highest BCUT2D eigenvalue weighted by Gasteiger charge is 2.22. The molecule has 4 N–H and O–H groups in total. The number of nitrogens with one attached hydrogen (secondary N) is 3. The Hall–Kier alpha value is -2.90. The van der Waals surface area contributed by atoms with Crippen molar-refractivity contribution in [3.05, 3.63) is 70.7 Å². The molecule has 0 aliphatic rings. The van der Waals surface area contributed by atoms with Crippen molar-refractivity contribution in [2.24, 2.45) is 0 Å². The molecule has 7 nitrogen and oxygen atoms in total. The van der Waals surface area contributed by atoms with E-state index in [1.165, 1.54) is 5.48 Å². The van der Waals surface area contributed by atoms with Crippen LogP contribution in [0.5, 0.6) is 0 Å². The molecule has 0 radical (unpaired) electrons. The average molecular weight is 376 g/mol. The Morgan fingerprint density at radius 2 is 1.65 bits per heavy atom. The number of benzene rings is 2. The molecule has 0 heterocycles. The standard InChI is InChI=1S/C18H18ClN3O4/c19-14-8-6-13(7-9-14)17(24)21-15(10-12-4-2-1-3-5-12)18(25)20-11-16(23)22-26/h1-9,15,26H,10-11H2,(H,20,25)(H,21,24)(H,22,23)/t15-/m0/s1. The summed E-state index contributed by atoms with van der Waals surface area (Å²) in [6.45, 7) is -0.405. The highest BCUT2D eigenvalue weighted by atomic mass is 35.5. The van der Waals surface area contributed by atoms with E-state index in [1.54, 1.807) is 24.3 Å². The molecular weight excluding hydrogens is 358 g/mol. The van der Waals surface area contributed by atoms with E-state index in [4.69, 9.17) is 16.8 Å². The molecule has 8 heteroatoms. The normalized spacial score (nSPS) is 11.3. The van der Waals surface area contributed by atoms with Gasteiger partial charge in [-0.1, -0.05) is 41.9 Å². The molecule has 26 heavy (non-hydrogen) atoms. The summed E-state index contributed by atoms with van der Waals surface area (Å²) in [6.07, 6.45) is 0.243. The van der Waals surface area contributed by atoms with E-state index in [-0.39, 0.29) is 6.42 Å². The Labute approximate surface area is 155 Å². The number of rotatable bonds is 7. The van der Waals surface area contributed by atoms with Crippen molar-refractivity contribution in [3.8, 4) is 0 Å². The van der Waals surface area contributed by atoms with Crippen molar-refractivity contribution < 1.29 is 19.6 Å². The second-order valence-electron chi connectivity index (χ2n) is 5.48. The predicted molar refractivity (Wildman–Crippen MR) is 95.8 cm³/mol. The number of carbonyl (C=O) groups excluding carboxylic acids is 3. The lowest BCUT2D eigenvalue weighted by Crippen LogP contribution is -2.49. The van der Waals surface area contributed by atoms with Crippen LogP contribution in [0.3, 0.4) is 0 Å². The topological polar surface area (TPSA) is 108 Å². The molecule has 0 unspecified atom stereocenters. The first-order valence-electron chi connectivity index (χ1n) is 7.80. The molecule has 0 fully saturated rings. The molecule has 0 aliphatic carbocycles. The van der Waals surface area contributed by atoms with Crippen LogP contribution in [0.25, 0.3) is 0 Å². The SMILES string of the molecule is O=C(CNC(=O)[C@H](Cc1ccccc1)NC(=O)c1ccc(Cl)cc1)NO. The van der Waals surface area contributed by atoms with Gasteiger partial charge in [0.05, 0.1) is 6.54 Å². The Morgan fingerprint density at radius 1 is 1.00 bits per heavy atom. The average Bonchev–Trinajstić information content (AvgIpc) is 2.66. The van der Waals surface area contributed by atoms with Gasteiger partial charge in [0.1, 0.15) is 6.04 Å². The zero-order chi connectivity index (χ0) is 18.9. The van der Waals surface area contributed by atoms with Gasteiger partial charge in [0.25, 0.3) is 11.8 Å². The summed E-state index contributed by atoms with van der Waals surface area (Å²) in [5.41, 5.74) is 2.63. The van der Waals surface area contributed by atoms with Crippen molar-refractivity contribution >= 4 is 29.3 Å². The van der Waals surface area contributed by atoms with Gasteiger partial charge in [-0.25, -0.2) is 5.48 Å². The molecule has 2 aromatic rings. The van der Waals surface area contributed by atoms with E-state index < -0.39 is 30.3 Å². The molecule has 2 aromatic carbocycles. The van der Waals surface area contributed by atoms with Crippen molar-refractivity contribution in [3.63, 3.8) is 0 Å². The summed E-state index contributed by atoms with van der Waals surface area (Å²) in [4.78, 5) is 35.9. The minimum Gasteiger partial charge on any atom is -0.345 e. The molecule has 3 amide bonds. The van der Waals surface area contributed by atoms with Gasteiger partial charge >= 0.3 is 0 Å². The third-order valence-corrected chi connectivity index (χ3v) is 3.81. The second kappa shape index (κ2) is 9.55. The summed E-state index contributed by atoms with van der Waals surface area (Å²) >= 11 is 5.81. The van der Waals surface area contributed by atoms with Gasteiger partial charge in [0.15, 0.2) is 0 Å². The van der Waals surface area contributed by atoms with E-state index in [9.17, 15) is 14.4 Å². The second-order valence-corrected chi connectivity index (χ2v) is 5.91. The minimum atomic E-state index is -0.896. The maximum atomic E-state index is 12.4. The first-order chi connectivity index (χ1) is 12.5. The van der Waals surface area contributed by atoms with Crippen molar-refractivity contribution in [1.82, 2.24) is 16.1 Å². The van der Waals surface area contributed by atoms with E-state index in [2.05, 4.69) is 10.6 Å². The predicted octanol–water partition coefficient (Wildman–Crippen LogP) is 1.30. The van der Waals surface area contributed by atoms with Gasteiger partial charge < -0.3 is 10.6 Å². The number of hydrogen-bond acceptors (Lipinski definition) is 4. The third-order valence-electron chi connectivity index (χ3n) is 3.56.